The summed E-state index contributed by atoms with van der Waals surface area (Å²) in [5.74, 6) is -2.93. The van der Waals surface area contributed by atoms with Crippen LogP contribution in [0.5, 0.6) is 0 Å². The Morgan fingerprint density at radius 1 is 1.08 bits per heavy atom. The van der Waals surface area contributed by atoms with Gasteiger partial charge < -0.3 is 48.5 Å². The minimum atomic E-state index is -1.67. The van der Waals surface area contributed by atoms with Crippen molar-refractivity contribution in [1.82, 2.24) is 24.6 Å². The van der Waals surface area contributed by atoms with Crippen LogP contribution in [-0.2, 0) is 44.7 Å². The van der Waals surface area contributed by atoms with E-state index in [4.69, 9.17) is 28.5 Å². The molecule has 2 aromatic rings. The minimum absolute atomic E-state index is 0.0890. The number of aromatic nitrogens is 3. The molecule has 4 aliphatic heterocycles. The molecule has 2 bridgehead atoms. The number of carbonyl (C=O) groups is 2. The van der Waals surface area contributed by atoms with E-state index in [1.807, 2.05) is 71.1 Å². The summed E-state index contributed by atoms with van der Waals surface area (Å²) < 4.78 is 34.6. The maximum absolute atomic E-state index is 14.6. The summed E-state index contributed by atoms with van der Waals surface area (Å²) in [4.78, 5) is 43.2. The third kappa shape index (κ3) is 11.2. The summed E-state index contributed by atoms with van der Waals surface area (Å²) in [6.07, 6.45) is 2.01. The van der Waals surface area contributed by atoms with E-state index in [9.17, 15) is 19.8 Å². The first kappa shape index (κ1) is 47.7. The highest BCUT2D eigenvalue weighted by Gasteiger charge is 2.52. The van der Waals surface area contributed by atoms with Gasteiger partial charge in [0.15, 0.2) is 17.9 Å². The van der Waals surface area contributed by atoms with E-state index in [0.29, 0.717) is 30.9 Å². The first-order valence-electron chi connectivity index (χ1n) is 21.6. The maximum atomic E-state index is 14.6. The van der Waals surface area contributed by atoms with Gasteiger partial charge in [0.05, 0.1) is 37.1 Å². The third-order valence-electron chi connectivity index (χ3n) is 12.5. The first-order chi connectivity index (χ1) is 28.4. The average molecular weight is 843 g/mol. The predicted molar refractivity (Wildman–Crippen MR) is 224 cm³/mol. The van der Waals surface area contributed by atoms with Crippen LogP contribution < -0.4 is 0 Å². The number of hydrogen-bond donors (Lipinski definition) is 2. The highest BCUT2D eigenvalue weighted by atomic mass is 16.7. The molecule has 2 N–H and O–H groups in total. The van der Waals surface area contributed by atoms with Crippen LogP contribution in [0.25, 0.3) is 5.82 Å². The Bertz CT molecular complexity index is 1710. The van der Waals surface area contributed by atoms with Crippen LogP contribution in [0.3, 0.4) is 0 Å². The number of rotatable bonds is 10. The number of esters is 1. The van der Waals surface area contributed by atoms with Crippen LogP contribution in [0.15, 0.2) is 41.9 Å². The smallest absolute Gasteiger partial charge is 0.316 e. The van der Waals surface area contributed by atoms with Crippen LogP contribution in [0, 0.1) is 17.8 Å². The molecule has 0 spiro atoms. The normalized spacial score (nSPS) is 37.5. The molecule has 0 aliphatic carbocycles. The van der Waals surface area contributed by atoms with Crippen molar-refractivity contribution in [1.29, 1.82) is 0 Å². The number of pyridine rings is 1. The maximum Gasteiger partial charge on any atom is 0.316 e. The van der Waals surface area contributed by atoms with Gasteiger partial charge in [-0.25, -0.2) is 9.67 Å². The van der Waals surface area contributed by atoms with Gasteiger partial charge in [-0.2, -0.15) is 5.10 Å². The lowest BCUT2D eigenvalue weighted by atomic mass is 9.79. The summed E-state index contributed by atoms with van der Waals surface area (Å²) in [6, 6.07) is 5.14. The molecular weight excluding hydrogens is 773 g/mol. The Morgan fingerprint density at radius 2 is 1.83 bits per heavy atom. The van der Waals surface area contributed by atoms with Crippen molar-refractivity contribution < 1.29 is 48.3 Å². The number of likely N-dealkylation sites (N-methyl/N-ethyl adjacent to an activating group) is 1. The molecule has 60 heavy (non-hydrogen) atoms. The Labute approximate surface area is 355 Å². The summed E-state index contributed by atoms with van der Waals surface area (Å²) in [5, 5.41) is 32.9. The molecule has 2 aromatic heterocycles. The van der Waals surface area contributed by atoms with Gasteiger partial charge in [-0.1, -0.05) is 38.9 Å². The molecule has 6 rings (SSSR count). The molecule has 336 valence electrons. The molecule has 0 unspecified atom stereocenters. The zero-order valence-corrected chi connectivity index (χ0v) is 37.5. The minimum Gasteiger partial charge on any atom is -0.459 e. The van der Waals surface area contributed by atoms with Crippen molar-refractivity contribution >= 4 is 17.5 Å². The van der Waals surface area contributed by atoms with Crippen molar-refractivity contribution in [2.75, 3.05) is 40.4 Å². The molecule has 0 aromatic carbocycles. The lowest BCUT2D eigenvalue weighted by Crippen LogP contribution is -2.60. The number of fused-ring (bicyclic) bond motifs is 15. The number of aliphatic hydroxyl groups excluding tert-OH is 1. The lowest BCUT2D eigenvalue weighted by molar-refractivity contribution is -0.296. The number of nitrogens with zero attached hydrogens (tertiary/aromatic N) is 6. The largest absolute Gasteiger partial charge is 0.459 e. The third-order valence-corrected chi connectivity index (χ3v) is 12.5. The lowest BCUT2D eigenvalue weighted by Gasteiger charge is -2.48. The molecule has 4 fully saturated rings. The van der Waals surface area contributed by atoms with Gasteiger partial charge >= 0.3 is 5.97 Å². The second kappa shape index (κ2) is 20.7. The predicted octanol–water partition coefficient (Wildman–Crippen LogP) is 4.18. The average Bonchev–Trinajstić information content (AvgIpc) is 3.75. The van der Waals surface area contributed by atoms with Crippen LogP contribution in [0.2, 0.25) is 0 Å². The van der Waals surface area contributed by atoms with Crippen molar-refractivity contribution in [3.8, 4) is 5.82 Å². The fourth-order valence-electron chi connectivity index (χ4n) is 9.19. The van der Waals surface area contributed by atoms with Crippen LogP contribution >= 0.6 is 0 Å². The van der Waals surface area contributed by atoms with Gasteiger partial charge in [0, 0.05) is 48.7 Å². The Hall–Kier alpha value is -3.35. The molecule has 0 radical (unpaired) electrons. The van der Waals surface area contributed by atoms with Crippen molar-refractivity contribution in [3.63, 3.8) is 0 Å². The van der Waals surface area contributed by atoms with E-state index in [-0.39, 0.29) is 50.3 Å². The Kier molecular flexibility index (Phi) is 16.4. The molecule has 4 aliphatic rings. The van der Waals surface area contributed by atoms with Gasteiger partial charge in [0.25, 0.3) is 0 Å². The summed E-state index contributed by atoms with van der Waals surface area (Å²) in [5.41, 5.74) is -1.75. The first-order valence-corrected chi connectivity index (χ1v) is 21.6. The number of ketones is 1. The molecule has 6 heterocycles. The number of hydrogen-bond acceptors (Lipinski definition) is 15. The van der Waals surface area contributed by atoms with Crippen molar-refractivity contribution in [3.05, 3.63) is 42.4 Å². The highest BCUT2D eigenvalue weighted by Crippen LogP contribution is 2.38. The van der Waals surface area contributed by atoms with E-state index in [1.165, 1.54) is 6.92 Å². The topological polar surface area (TPSA) is 180 Å². The van der Waals surface area contributed by atoms with Gasteiger partial charge in [0.2, 0.25) is 0 Å². The fourth-order valence-corrected chi connectivity index (χ4v) is 9.19. The number of aliphatic hydroxyl groups is 2. The second-order valence-electron chi connectivity index (χ2n) is 17.9. The van der Waals surface area contributed by atoms with Crippen LogP contribution in [-0.4, -0.2) is 153 Å². The molecular formula is C44H70N6O10. The van der Waals surface area contributed by atoms with Crippen molar-refractivity contribution in [2.24, 2.45) is 22.9 Å². The van der Waals surface area contributed by atoms with E-state index in [2.05, 4.69) is 34.0 Å². The second-order valence-corrected chi connectivity index (χ2v) is 17.9. The molecule has 4 saturated heterocycles. The van der Waals surface area contributed by atoms with E-state index in [1.54, 1.807) is 30.9 Å². The zero-order valence-electron chi connectivity index (χ0n) is 37.5. The van der Waals surface area contributed by atoms with Crippen LogP contribution in [0.1, 0.15) is 93.6 Å². The standard InChI is InChI=1S/C44H70N6O10/c1-12-18-49-23-27(3)39-44(9,54)35(13-2)59-41(53)31(7)37(51)30(6)40(60-42-38(52)34(48(10)11)20-29(5)58-42)43(8,21-28(49)4)56-26-33(25-55-39)47-57-24-32-15-16-36(45-22-32)50-19-14-17-46-50/h14-17,19,22,27-31,34-35,38-40,42,52,54H,12-13,18,20-21,23-26H2,1-11H3/b47-33+/t27-,28+,29+,30-,31+,34-,35+,38+,39-,40+,42-,43+,44+/m0/s1. The molecule has 0 saturated carbocycles. The SMILES string of the molecule is CCCN1C[C@H](C)[C@@H]2OC/C(=N\OCc3ccc(-n4cccn4)nc3)CO[C@](C)(C[C@H]1C)[C@H](O[C@@H]1O[C@H](C)C[C@H](N(C)C)[C@H]1O)[C@@H](C)C(=O)[C@@H](C)C(=O)O[C@H](CC)[C@@]2(C)O. The monoisotopic (exact) mass is 843 g/mol. The summed E-state index contributed by atoms with van der Waals surface area (Å²) in [6.45, 7) is 18.0. The Balaban J connectivity index is 1.60. The number of ether oxygens (including phenoxy) is 5. The summed E-state index contributed by atoms with van der Waals surface area (Å²) >= 11 is 0. The fraction of sp³-hybridized carbons (Fsp3) is 0.750. The van der Waals surface area contributed by atoms with Crippen molar-refractivity contribution in [2.45, 2.75) is 155 Å². The highest BCUT2D eigenvalue weighted by molar-refractivity contribution is 6.00. The quantitative estimate of drug-likeness (QED) is 0.198. The van der Waals surface area contributed by atoms with E-state index >= 15 is 0 Å². The van der Waals surface area contributed by atoms with Gasteiger partial charge in [0.1, 0.15) is 36.0 Å². The van der Waals surface area contributed by atoms with Crippen LogP contribution in [0.4, 0.5) is 0 Å². The number of Topliss-reactive ketones (excluding diaryl/α,β-unsaturated/α-hetero) is 1. The molecule has 0 amide bonds. The Morgan fingerprint density at radius 3 is 2.47 bits per heavy atom. The number of oxime groups is 1. The summed E-state index contributed by atoms with van der Waals surface area (Å²) in [7, 11) is 3.80. The number of carbonyl (C=O) groups excluding carboxylic acids is 2. The zero-order chi connectivity index (χ0) is 43.9. The van der Waals surface area contributed by atoms with E-state index < -0.39 is 65.5 Å². The molecule has 16 heteroatoms. The van der Waals surface area contributed by atoms with Gasteiger partial charge in [-0.15, -0.1) is 0 Å². The molecule has 13 atom stereocenters. The molecule has 16 nitrogen and oxygen atoms in total. The van der Waals surface area contributed by atoms with E-state index in [0.717, 1.165) is 18.5 Å². The van der Waals surface area contributed by atoms with Gasteiger partial charge in [-0.05, 0) is 99.0 Å². The van der Waals surface area contributed by atoms with Gasteiger partial charge in [-0.3, -0.25) is 9.59 Å².